The Morgan fingerprint density at radius 1 is 1.11 bits per heavy atom. The van der Waals surface area contributed by atoms with E-state index in [9.17, 15) is 0 Å². The fourth-order valence-corrected chi connectivity index (χ4v) is 3.20. The van der Waals surface area contributed by atoms with Crippen LogP contribution in [0.2, 0.25) is 5.02 Å². The largest absolute Gasteiger partial charge is 0.117 e. The summed E-state index contributed by atoms with van der Waals surface area (Å²) in [6.07, 6.45) is 0.808. The molecule has 0 radical (unpaired) electrons. The molecule has 0 amide bonds. The third kappa shape index (κ3) is 3.75. The summed E-state index contributed by atoms with van der Waals surface area (Å²) in [6, 6.07) is 12.3. The van der Waals surface area contributed by atoms with Gasteiger partial charge >= 0.3 is 0 Å². The normalized spacial score (nSPS) is 12.5. The van der Waals surface area contributed by atoms with Gasteiger partial charge in [0, 0.05) is 9.50 Å². The fraction of sp³-hybridized carbons (Fsp3) is 0.250. The quantitative estimate of drug-likeness (QED) is 0.570. The van der Waals surface area contributed by atoms with E-state index in [1.54, 1.807) is 0 Å². The number of halogens is 3. The maximum atomic E-state index is 6.56. The molecule has 0 aliphatic rings. The van der Waals surface area contributed by atoms with Gasteiger partial charge in [-0.2, -0.15) is 0 Å². The molecule has 0 bridgehead atoms. The zero-order valence-corrected chi connectivity index (χ0v) is 14.0. The topological polar surface area (TPSA) is 0 Å². The molecule has 1 atom stereocenters. The Hall–Kier alpha value is -0.500. The standard InChI is InChI=1S/C16H15BrCl2/c1-10-7-15(18)11(2)6-14(10)16(19)9-12-4-3-5-13(17)8-12/h3-8,16H,9H2,1-2H3. The summed E-state index contributed by atoms with van der Waals surface area (Å²) in [6.45, 7) is 4.06. The summed E-state index contributed by atoms with van der Waals surface area (Å²) in [5, 5.41) is 0.762. The van der Waals surface area contributed by atoms with Crippen LogP contribution < -0.4 is 0 Å². The van der Waals surface area contributed by atoms with Crippen LogP contribution in [0.1, 0.15) is 27.6 Å². The zero-order valence-electron chi connectivity index (χ0n) is 10.9. The summed E-state index contributed by atoms with van der Waals surface area (Å²) < 4.78 is 1.08. The fourth-order valence-electron chi connectivity index (χ4n) is 2.12. The highest BCUT2D eigenvalue weighted by Crippen LogP contribution is 2.31. The molecular weight excluding hydrogens is 343 g/mol. The lowest BCUT2D eigenvalue weighted by atomic mass is 9.98. The predicted molar refractivity (Wildman–Crippen MR) is 87.4 cm³/mol. The number of benzene rings is 2. The van der Waals surface area contributed by atoms with Crippen LogP contribution >= 0.6 is 39.1 Å². The summed E-state index contributed by atoms with van der Waals surface area (Å²) in [5.74, 6) is 0. The Morgan fingerprint density at radius 3 is 2.53 bits per heavy atom. The first kappa shape index (κ1) is 14.9. The van der Waals surface area contributed by atoms with Gasteiger partial charge in [0.25, 0.3) is 0 Å². The van der Waals surface area contributed by atoms with Crippen molar-refractivity contribution < 1.29 is 0 Å². The Balaban J connectivity index is 2.25. The zero-order chi connectivity index (χ0) is 14.0. The van der Waals surface area contributed by atoms with Crippen LogP contribution in [0, 0.1) is 13.8 Å². The van der Waals surface area contributed by atoms with Crippen molar-refractivity contribution in [2.45, 2.75) is 25.6 Å². The molecule has 1 unspecified atom stereocenters. The van der Waals surface area contributed by atoms with Crippen LogP contribution in [0.4, 0.5) is 0 Å². The third-order valence-electron chi connectivity index (χ3n) is 3.19. The lowest BCUT2D eigenvalue weighted by Crippen LogP contribution is -1.99. The van der Waals surface area contributed by atoms with Crippen LogP contribution in [0.25, 0.3) is 0 Å². The Morgan fingerprint density at radius 2 is 1.84 bits per heavy atom. The van der Waals surface area contributed by atoms with Crippen LogP contribution in [-0.2, 0) is 6.42 Å². The van der Waals surface area contributed by atoms with Crippen LogP contribution in [0.15, 0.2) is 40.9 Å². The molecule has 0 saturated heterocycles. The molecule has 0 N–H and O–H groups in total. The van der Waals surface area contributed by atoms with E-state index in [1.807, 2.05) is 25.1 Å². The molecule has 0 fully saturated rings. The second kappa shape index (κ2) is 6.30. The van der Waals surface area contributed by atoms with Crippen molar-refractivity contribution in [2.75, 3.05) is 0 Å². The van der Waals surface area contributed by atoms with E-state index >= 15 is 0 Å². The maximum absolute atomic E-state index is 6.56. The van der Waals surface area contributed by atoms with Gasteiger partial charge < -0.3 is 0 Å². The van der Waals surface area contributed by atoms with E-state index in [0.717, 1.165) is 32.6 Å². The second-order valence-electron chi connectivity index (χ2n) is 4.76. The van der Waals surface area contributed by atoms with Crippen LogP contribution in [0.5, 0.6) is 0 Å². The summed E-state index contributed by atoms with van der Waals surface area (Å²) in [4.78, 5) is 0. The van der Waals surface area contributed by atoms with Crippen molar-refractivity contribution in [3.63, 3.8) is 0 Å². The minimum Gasteiger partial charge on any atom is -0.117 e. The van der Waals surface area contributed by atoms with E-state index in [4.69, 9.17) is 23.2 Å². The summed E-state index contributed by atoms with van der Waals surface area (Å²) in [7, 11) is 0. The number of hydrogen-bond acceptors (Lipinski definition) is 0. The first-order valence-corrected chi connectivity index (χ1v) is 7.73. The Bertz CT molecular complexity index is 593. The molecule has 2 rings (SSSR count). The first-order valence-electron chi connectivity index (χ1n) is 6.12. The minimum atomic E-state index is -0.0368. The Kier molecular flexibility index (Phi) is 4.94. The molecule has 0 aromatic heterocycles. The Labute approximate surface area is 132 Å². The van der Waals surface area contributed by atoms with E-state index in [2.05, 4.69) is 41.1 Å². The SMILES string of the molecule is Cc1cc(C(Cl)Cc2cccc(Br)c2)c(C)cc1Cl. The van der Waals surface area contributed by atoms with Gasteiger partial charge in [0.1, 0.15) is 0 Å². The monoisotopic (exact) mass is 356 g/mol. The van der Waals surface area contributed by atoms with E-state index < -0.39 is 0 Å². The smallest absolute Gasteiger partial charge is 0.0628 e. The van der Waals surface area contributed by atoms with Crippen molar-refractivity contribution in [1.29, 1.82) is 0 Å². The van der Waals surface area contributed by atoms with Gasteiger partial charge in [-0.1, -0.05) is 45.7 Å². The molecule has 19 heavy (non-hydrogen) atoms. The predicted octanol–water partition coefficient (Wildman–Crippen LogP) is 6.24. The molecule has 0 heterocycles. The van der Waals surface area contributed by atoms with Crippen molar-refractivity contribution in [3.8, 4) is 0 Å². The van der Waals surface area contributed by atoms with Crippen LogP contribution in [-0.4, -0.2) is 0 Å². The number of hydrogen-bond donors (Lipinski definition) is 0. The number of alkyl halides is 1. The molecule has 0 aliphatic carbocycles. The van der Waals surface area contributed by atoms with Gasteiger partial charge in [0.05, 0.1) is 5.38 Å². The van der Waals surface area contributed by atoms with Gasteiger partial charge in [0.15, 0.2) is 0 Å². The highest BCUT2D eigenvalue weighted by atomic mass is 79.9. The van der Waals surface area contributed by atoms with Crippen molar-refractivity contribution in [3.05, 3.63) is 68.1 Å². The minimum absolute atomic E-state index is 0.0368. The van der Waals surface area contributed by atoms with E-state index in [1.165, 1.54) is 5.56 Å². The number of rotatable bonds is 3. The third-order valence-corrected chi connectivity index (χ3v) is 4.48. The molecule has 0 saturated carbocycles. The molecule has 2 aromatic rings. The summed E-state index contributed by atoms with van der Waals surface area (Å²) >= 11 is 16.2. The van der Waals surface area contributed by atoms with Gasteiger partial charge in [-0.05, 0) is 60.7 Å². The molecule has 3 heteroatoms. The lowest BCUT2D eigenvalue weighted by molar-refractivity contribution is 0.907. The maximum Gasteiger partial charge on any atom is 0.0628 e. The highest BCUT2D eigenvalue weighted by Gasteiger charge is 2.13. The molecule has 0 nitrogen and oxygen atoms in total. The van der Waals surface area contributed by atoms with Gasteiger partial charge in [-0.3, -0.25) is 0 Å². The highest BCUT2D eigenvalue weighted by molar-refractivity contribution is 9.10. The average Bonchev–Trinajstić information content (AvgIpc) is 2.33. The molecule has 0 spiro atoms. The average molecular weight is 358 g/mol. The van der Waals surface area contributed by atoms with Crippen molar-refractivity contribution >= 4 is 39.1 Å². The van der Waals surface area contributed by atoms with E-state index in [0.29, 0.717) is 0 Å². The molecule has 100 valence electrons. The second-order valence-corrected chi connectivity index (χ2v) is 6.61. The van der Waals surface area contributed by atoms with Gasteiger partial charge in [-0.25, -0.2) is 0 Å². The van der Waals surface area contributed by atoms with Crippen molar-refractivity contribution in [1.82, 2.24) is 0 Å². The molecule has 0 aliphatic heterocycles. The van der Waals surface area contributed by atoms with E-state index in [-0.39, 0.29) is 5.38 Å². The van der Waals surface area contributed by atoms with Crippen LogP contribution in [0.3, 0.4) is 0 Å². The molecular formula is C16H15BrCl2. The number of aryl methyl sites for hydroxylation is 2. The van der Waals surface area contributed by atoms with Gasteiger partial charge in [-0.15, -0.1) is 11.6 Å². The van der Waals surface area contributed by atoms with Gasteiger partial charge in [0.2, 0.25) is 0 Å². The summed E-state index contributed by atoms with van der Waals surface area (Å²) in [5.41, 5.74) is 4.60. The first-order chi connectivity index (χ1) is 8.97. The lowest BCUT2D eigenvalue weighted by Gasteiger charge is -2.15. The van der Waals surface area contributed by atoms with Crippen molar-refractivity contribution in [2.24, 2.45) is 0 Å². The molecule has 2 aromatic carbocycles.